The van der Waals surface area contributed by atoms with Gasteiger partial charge in [-0.25, -0.2) is 13.8 Å². The maximum Gasteiger partial charge on any atom is 0.443 e. The van der Waals surface area contributed by atoms with E-state index in [0.717, 1.165) is 4.90 Å². The highest BCUT2D eigenvalue weighted by Gasteiger charge is 2.39. The summed E-state index contributed by atoms with van der Waals surface area (Å²) in [6, 6.07) is 0. The zero-order valence-electron chi connectivity index (χ0n) is 14.3. The van der Waals surface area contributed by atoms with Crippen molar-refractivity contribution in [3.05, 3.63) is 15.6 Å². The van der Waals surface area contributed by atoms with Crippen molar-refractivity contribution < 1.29 is 31.5 Å². The number of rotatable bonds is 4. The zero-order chi connectivity index (χ0) is 19.8. The summed E-state index contributed by atoms with van der Waals surface area (Å²) in [4.78, 5) is 30.6. The smallest absolute Gasteiger partial charge is 0.337 e. The Morgan fingerprint density at radius 3 is 2.70 bits per heavy atom. The fourth-order valence-corrected chi connectivity index (χ4v) is 4.14. The number of carbonyl (C=O) groups is 2. The predicted octanol–water partition coefficient (Wildman–Crippen LogP) is 3.08. The summed E-state index contributed by atoms with van der Waals surface area (Å²) in [6.07, 6.45) is -4.58. The van der Waals surface area contributed by atoms with Gasteiger partial charge in [0.25, 0.3) is 5.92 Å². The molecule has 2 amide bonds. The molecule has 3 rings (SSSR count). The second kappa shape index (κ2) is 7.33. The number of fused-ring (bicyclic) bond motifs is 1. The molecule has 0 unspecified atom stereocenters. The second-order valence-corrected chi connectivity index (χ2v) is 7.81. The minimum absolute atomic E-state index is 0.0153. The van der Waals surface area contributed by atoms with Gasteiger partial charge in [0, 0.05) is 43.6 Å². The van der Waals surface area contributed by atoms with Gasteiger partial charge >= 0.3 is 6.18 Å². The maximum absolute atomic E-state index is 13.4. The molecule has 1 fully saturated rings. The normalized spacial score (nSPS) is 20.0. The Balaban J connectivity index is 1.51. The summed E-state index contributed by atoms with van der Waals surface area (Å²) in [5, 5.41) is -0.911. The molecule has 0 saturated carbocycles. The third kappa shape index (κ3) is 4.74. The Bertz CT molecular complexity index is 734. The van der Waals surface area contributed by atoms with E-state index in [9.17, 15) is 31.5 Å². The molecular weight excluding hydrogens is 393 g/mol. The quantitative estimate of drug-likeness (QED) is 0.716. The number of alkyl halides is 5. The van der Waals surface area contributed by atoms with Gasteiger partial charge in [-0.15, -0.1) is 11.3 Å². The number of likely N-dealkylation sites (tertiary alicyclic amines) is 1. The van der Waals surface area contributed by atoms with Crippen LogP contribution in [-0.4, -0.2) is 52.2 Å². The van der Waals surface area contributed by atoms with Crippen molar-refractivity contribution >= 4 is 23.2 Å². The van der Waals surface area contributed by atoms with E-state index in [-0.39, 0.29) is 49.9 Å². The molecule has 0 atom stereocenters. The molecule has 27 heavy (non-hydrogen) atoms. The van der Waals surface area contributed by atoms with Crippen LogP contribution in [0.25, 0.3) is 0 Å². The minimum Gasteiger partial charge on any atom is -0.337 e. The van der Waals surface area contributed by atoms with E-state index in [1.165, 1.54) is 4.90 Å². The number of carbonyl (C=O) groups excluding carboxylic acids is 2. The largest absolute Gasteiger partial charge is 0.443 e. The molecule has 3 heterocycles. The first-order chi connectivity index (χ1) is 12.5. The summed E-state index contributed by atoms with van der Waals surface area (Å²) in [6.45, 7) is -0.256. The first-order valence-electron chi connectivity index (χ1n) is 8.54. The topological polar surface area (TPSA) is 53.5 Å². The van der Waals surface area contributed by atoms with Crippen molar-refractivity contribution in [3.8, 4) is 0 Å². The third-order valence-corrected chi connectivity index (χ3v) is 5.82. The van der Waals surface area contributed by atoms with Crippen LogP contribution >= 0.6 is 11.3 Å². The number of hydrogen-bond donors (Lipinski definition) is 0. The van der Waals surface area contributed by atoms with Gasteiger partial charge in [-0.3, -0.25) is 9.59 Å². The van der Waals surface area contributed by atoms with Crippen LogP contribution in [0, 0.1) is 0 Å². The molecule has 1 aromatic heterocycles. The summed E-state index contributed by atoms with van der Waals surface area (Å²) in [5.41, 5.74) is 0.262. The Labute approximate surface area is 156 Å². The van der Waals surface area contributed by atoms with Crippen LogP contribution in [0.1, 0.15) is 41.3 Å². The Morgan fingerprint density at radius 1 is 1.26 bits per heavy atom. The molecule has 2 aliphatic heterocycles. The highest BCUT2D eigenvalue weighted by molar-refractivity contribution is 7.11. The second-order valence-electron chi connectivity index (χ2n) is 6.73. The van der Waals surface area contributed by atoms with Gasteiger partial charge in [0.05, 0.1) is 18.8 Å². The Hall–Kier alpha value is -1.78. The highest BCUT2D eigenvalue weighted by atomic mass is 32.1. The molecule has 0 aliphatic carbocycles. The molecule has 150 valence electrons. The molecule has 0 bridgehead atoms. The summed E-state index contributed by atoms with van der Waals surface area (Å²) >= 11 is 0.603. The van der Waals surface area contributed by atoms with Crippen LogP contribution < -0.4 is 0 Å². The summed E-state index contributed by atoms with van der Waals surface area (Å²) in [5.74, 6) is -3.53. The van der Waals surface area contributed by atoms with Crippen molar-refractivity contribution in [1.29, 1.82) is 0 Å². The molecule has 1 saturated heterocycles. The van der Waals surface area contributed by atoms with Gasteiger partial charge in [0.1, 0.15) is 0 Å². The summed E-state index contributed by atoms with van der Waals surface area (Å²) in [7, 11) is 0. The maximum atomic E-state index is 13.4. The monoisotopic (exact) mass is 411 g/mol. The number of aromatic nitrogens is 1. The van der Waals surface area contributed by atoms with E-state index in [2.05, 4.69) is 4.98 Å². The molecule has 11 heteroatoms. The molecular formula is C16H18F5N3O2S. The van der Waals surface area contributed by atoms with Crippen molar-refractivity contribution in [2.24, 2.45) is 0 Å². The van der Waals surface area contributed by atoms with Gasteiger partial charge in [0.15, 0.2) is 5.01 Å². The number of thiazole rings is 1. The van der Waals surface area contributed by atoms with Crippen LogP contribution in [0.5, 0.6) is 0 Å². The number of piperidine rings is 1. The van der Waals surface area contributed by atoms with Gasteiger partial charge in [0.2, 0.25) is 11.8 Å². The first kappa shape index (κ1) is 20.0. The fraction of sp³-hybridized carbons (Fsp3) is 0.688. The third-order valence-electron chi connectivity index (χ3n) is 4.62. The number of amides is 2. The molecule has 0 N–H and O–H groups in total. The van der Waals surface area contributed by atoms with Crippen LogP contribution in [0.15, 0.2) is 0 Å². The molecule has 2 aliphatic rings. The lowest BCUT2D eigenvalue weighted by Crippen LogP contribution is -2.46. The molecule has 0 radical (unpaired) electrons. The van der Waals surface area contributed by atoms with E-state index in [1.807, 2.05) is 0 Å². The predicted molar refractivity (Wildman–Crippen MR) is 86.2 cm³/mol. The molecule has 0 spiro atoms. The van der Waals surface area contributed by atoms with E-state index in [4.69, 9.17) is 0 Å². The fourth-order valence-electron chi connectivity index (χ4n) is 3.21. The van der Waals surface area contributed by atoms with Gasteiger partial charge < -0.3 is 9.80 Å². The van der Waals surface area contributed by atoms with Crippen LogP contribution in [-0.2, 0) is 28.7 Å². The van der Waals surface area contributed by atoms with Crippen LogP contribution in [0.2, 0.25) is 0 Å². The Kier molecular flexibility index (Phi) is 5.42. The lowest BCUT2D eigenvalue weighted by Gasteiger charge is -2.32. The highest BCUT2D eigenvalue weighted by Crippen LogP contribution is 2.36. The van der Waals surface area contributed by atoms with E-state index in [1.54, 1.807) is 0 Å². The van der Waals surface area contributed by atoms with Gasteiger partial charge in [-0.2, -0.15) is 13.2 Å². The summed E-state index contributed by atoms with van der Waals surface area (Å²) < 4.78 is 65.0. The van der Waals surface area contributed by atoms with Crippen molar-refractivity contribution in [2.45, 2.75) is 50.7 Å². The average molecular weight is 411 g/mol. The van der Waals surface area contributed by atoms with Crippen molar-refractivity contribution in [3.63, 3.8) is 0 Å². The standard InChI is InChI=1S/C16H18F5N3O2S/c17-15(18)5-3-13(26)24(9-15)6-1-2-12(25)23-7-4-11-10(8-23)22-14(27-11)16(19,20)21/h1-9H2. The van der Waals surface area contributed by atoms with Gasteiger partial charge in [-0.05, 0) is 6.42 Å². The first-order valence-corrected chi connectivity index (χ1v) is 9.36. The average Bonchev–Trinajstić information content (AvgIpc) is 3.01. The molecule has 5 nitrogen and oxygen atoms in total. The SMILES string of the molecule is O=C(CCCN1CC(F)(F)CCC1=O)N1CCc2sc(C(F)(F)F)nc2C1. The molecule has 0 aromatic carbocycles. The zero-order valence-corrected chi connectivity index (χ0v) is 15.1. The number of hydrogen-bond acceptors (Lipinski definition) is 4. The van der Waals surface area contributed by atoms with E-state index >= 15 is 0 Å². The minimum atomic E-state index is -4.50. The number of nitrogens with zero attached hydrogens (tertiary/aromatic N) is 3. The lowest BCUT2D eigenvalue weighted by atomic mass is 10.1. The van der Waals surface area contributed by atoms with Crippen LogP contribution in [0.4, 0.5) is 22.0 Å². The van der Waals surface area contributed by atoms with Crippen LogP contribution in [0.3, 0.4) is 0 Å². The van der Waals surface area contributed by atoms with Crippen molar-refractivity contribution in [2.75, 3.05) is 19.6 Å². The molecule has 1 aromatic rings. The number of halogens is 5. The van der Waals surface area contributed by atoms with Gasteiger partial charge in [-0.1, -0.05) is 0 Å². The lowest BCUT2D eigenvalue weighted by molar-refractivity contribution is -0.147. The van der Waals surface area contributed by atoms with E-state index in [0.29, 0.717) is 29.2 Å². The van der Waals surface area contributed by atoms with E-state index < -0.39 is 30.1 Å². The van der Waals surface area contributed by atoms with Crippen molar-refractivity contribution in [1.82, 2.24) is 14.8 Å². The Morgan fingerprint density at radius 2 is 2.00 bits per heavy atom.